The third-order valence-electron chi connectivity index (χ3n) is 4.57. The lowest BCUT2D eigenvalue weighted by Crippen LogP contribution is -2.46. The third-order valence-corrected chi connectivity index (χ3v) is 4.57. The quantitative estimate of drug-likeness (QED) is 0.475. The van der Waals surface area contributed by atoms with E-state index in [1.54, 1.807) is 0 Å². The van der Waals surface area contributed by atoms with Crippen LogP contribution in [-0.2, 0) is 9.53 Å². The van der Waals surface area contributed by atoms with E-state index in [0.717, 1.165) is 37.7 Å². The van der Waals surface area contributed by atoms with Gasteiger partial charge in [0, 0.05) is 11.3 Å². The number of amides is 2. The molecule has 0 aliphatic carbocycles. The molecule has 6 nitrogen and oxygen atoms in total. The van der Waals surface area contributed by atoms with Gasteiger partial charge in [0.25, 0.3) is 0 Å². The van der Waals surface area contributed by atoms with Crippen LogP contribution in [0.2, 0.25) is 0 Å². The molecule has 0 spiro atoms. The highest BCUT2D eigenvalue weighted by molar-refractivity contribution is 5.95. The topological polar surface area (TPSA) is 76.7 Å². The summed E-state index contributed by atoms with van der Waals surface area (Å²) in [5.74, 6) is 0.233. The predicted molar refractivity (Wildman–Crippen MR) is 104 cm³/mol. The predicted octanol–water partition coefficient (Wildman–Crippen LogP) is 4.23. The first-order chi connectivity index (χ1) is 13.1. The molecule has 1 aromatic rings. The largest absolute Gasteiger partial charge is 0.493 e. The number of unbranched alkanes of at least 4 members (excludes halogenated alkanes) is 3. The van der Waals surface area contributed by atoms with Crippen molar-refractivity contribution in [3.05, 3.63) is 41.1 Å². The van der Waals surface area contributed by atoms with E-state index in [0.29, 0.717) is 30.0 Å². The fourth-order valence-corrected chi connectivity index (χ4v) is 3.14. The van der Waals surface area contributed by atoms with Crippen LogP contribution in [0.5, 0.6) is 5.75 Å². The molecule has 1 aliphatic rings. The van der Waals surface area contributed by atoms with Gasteiger partial charge in [-0.3, -0.25) is 0 Å². The van der Waals surface area contributed by atoms with Gasteiger partial charge in [0.15, 0.2) is 0 Å². The Kier molecular flexibility index (Phi) is 8.17. The maximum absolute atomic E-state index is 12.5. The first kappa shape index (κ1) is 20.8. The van der Waals surface area contributed by atoms with E-state index in [2.05, 4.69) is 24.5 Å². The number of allylic oxidation sites excluding steroid dienone is 1. The van der Waals surface area contributed by atoms with E-state index in [1.807, 2.05) is 24.3 Å². The number of benzene rings is 1. The van der Waals surface area contributed by atoms with Crippen LogP contribution >= 0.6 is 0 Å². The molecule has 0 aromatic heterocycles. The fraction of sp³-hybridized carbons (Fsp3) is 0.524. The van der Waals surface area contributed by atoms with Crippen molar-refractivity contribution in [2.45, 2.75) is 58.4 Å². The van der Waals surface area contributed by atoms with Gasteiger partial charge < -0.3 is 20.1 Å². The Morgan fingerprint density at radius 1 is 1.11 bits per heavy atom. The molecule has 0 radical (unpaired) electrons. The summed E-state index contributed by atoms with van der Waals surface area (Å²) in [4.78, 5) is 24.8. The number of nitrogens with one attached hydrogen (secondary N) is 2. The molecule has 148 valence electrons. The number of methoxy groups -OCH3 is 1. The highest BCUT2D eigenvalue weighted by atomic mass is 16.5. The number of hydrogen-bond donors (Lipinski definition) is 2. The van der Waals surface area contributed by atoms with Gasteiger partial charge in [-0.1, -0.05) is 51.3 Å². The fourth-order valence-electron chi connectivity index (χ4n) is 3.14. The molecular formula is C21H30N2O4. The van der Waals surface area contributed by atoms with Gasteiger partial charge in [0.1, 0.15) is 5.75 Å². The van der Waals surface area contributed by atoms with Crippen molar-refractivity contribution in [3.63, 3.8) is 0 Å². The highest BCUT2D eigenvalue weighted by Gasteiger charge is 2.34. The van der Waals surface area contributed by atoms with E-state index < -0.39 is 12.0 Å². The summed E-state index contributed by atoms with van der Waals surface area (Å²) in [6.07, 6.45) is 5.63. The first-order valence-electron chi connectivity index (χ1n) is 9.72. The second-order valence-electron chi connectivity index (χ2n) is 6.61. The Morgan fingerprint density at radius 3 is 2.56 bits per heavy atom. The van der Waals surface area contributed by atoms with Gasteiger partial charge in [-0.15, -0.1) is 0 Å². The number of carbonyl (C=O) groups is 2. The van der Waals surface area contributed by atoms with E-state index in [4.69, 9.17) is 9.47 Å². The molecule has 0 saturated carbocycles. The Labute approximate surface area is 161 Å². The van der Waals surface area contributed by atoms with E-state index in [9.17, 15) is 9.59 Å². The summed E-state index contributed by atoms with van der Waals surface area (Å²) in [7, 11) is 1.35. The van der Waals surface area contributed by atoms with Gasteiger partial charge in [0.2, 0.25) is 0 Å². The Bertz CT molecular complexity index is 685. The van der Waals surface area contributed by atoms with Crippen molar-refractivity contribution >= 4 is 12.0 Å². The van der Waals surface area contributed by atoms with Crippen LogP contribution in [0, 0.1) is 0 Å². The maximum Gasteiger partial charge on any atom is 0.337 e. The maximum atomic E-state index is 12.5. The number of ether oxygens (including phenoxy) is 2. The average molecular weight is 374 g/mol. The lowest BCUT2D eigenvalue weighted by Gasteiger charge is -2.30. The van der Waals surface area contributed by atoms with E-state index >= 15 is 0 Å². The van der Waals surface area contributed by atoms with Crippen LogP contribution in [0.3, 0.4) is 0 Å². The number of para-hydroxylation sites is 1. The van der Waals surface area contributed by atoms with E-state index in [1.165, 1.54) is 7.11 Å². The lowest BCUT2D eigenvalue weighted by atomic mass is 9.93. The minimum absolute atomic E-state index is 0.320. The number of carbonyl (C=O) groups excluding carboxylic acids is 2. The summed E-state index contributed by atoms with van der Waals surface area (Å²) in [5, 5.41) is 5.64. The zero-order valence-corrected chi connectivity index (χ0v) is 16.5. The Morgan fingerprint density at radius 2 is 1.85 bits per heavy atom. The normalized spacial score (nSPS) is 16.6. The molecular weight excluding hydrogens is 344 g/mol. The third kappa shape index (κ3) is 5.49. The van der Waals surface area contributed by atoms with E-state index in [-0.39, 0.29) is 6.03 Å². The summed E-state index contributed by atoms with van der Waals surface area (Å²) >= 11 is 0. The number of rotatable bonds is 10. The minimum atomic E-state index is -0.597. The van der Waals surface area contributed by atoms with Crippen molar-refractivity contribution in [2.75, 3.05) is 13.7 Å². The molecule has 1 atom stereocenters. The standard InChI is InChI=1S/C21H30N2O4/c1-4-6-10-14-27-17-13-9-8-11-15(17)19-18(20(24)26-3)16(12-7-5-2)22-21(25)23-19/h8-9,11,13,19H,4-7,10,12,14H2,1-3H3,(H2,22,23,25). The second kappa shape index (κ2) is 10.6. The molecule has 1 aliphatic heterocycles. The van der Waals surface area contributed by atoms with Crippen LogP contribution in [-0.4, -0.2) is 25.7 Å². The van der Waals surface area contributed by atoms with Crippen molar-refractivity contribution in [1.29, 1.82) is 0 Å². The zero-order chi connectivity index (χ0) is 19.6. The summed E-state index contributed by atoms with van der Waals surface area (Å²) in [6, 6.07) is 6.60. The summed E-state index contributed by atoms with van der Waals surface area (Å²) < 4.78 is 11.0. The summed E-state index contributed by atoms with van der Waals surface area (Å²) in [6.45, 7) is 4.81. The molecule has 2 amide bonds. The molecule has 1 heterocycles. The van der Waals surface area contributed by atoms with Crippen molar-refractivity contribution < 1.29 is 19.1 Å². The average Bonchev–Trinajstić information content (AvgIpc) is 2.69. The molecule has 27 heavy (non-hydrogen) atoms. The van der Waals surface area contributed by atoms with Crippen molar-refractivity contribution in [3.8, 4) is 5.75 Å². The molecule has 0 saturated heterocycles. The van der Waals surface area contributed by atoms with Crippen LogP contribution in [0.4, 0.5) is 4.79 Å². The molecule has 0 bridgehead atoms. The molecule has 0 fully saturated rings. The minimum Gasteiger partial charge on any atom is -0.493 e. The number of esters is 1. The van der Waals surface area contributed by atoms with Gasteiger partial charge in [-0.2, -0.15) is 0 Å². The zero-order valence-electron chi connectivity index (χ0n) is 16.5. The molecule has 2 N–H and O–H groups in total. The van der Waals surface area contributed by atoms with Crippen LogP contribution < -0.4 is 15.4 Å². The van der Waals surface area contributed by atoms with Gasteiger partial charge in [0.05, 0.1) is 25.3 Å². The van der Waals surface area contributed by atoms with Gasteiger partial charge in [-0.25, -0.2) is 9.59 Å². The SMILES string of the molecule is CCCCCOc1ccccc1C1NC(=O)NC(CCCC)=C1C(=O)OC. The van der Waals surface area contributed by atoms with Gasteiger partial charge >= 0.3 is 12.0 Å². The van der Waals surface area contributed by atoms with Crippen LogP contribution in [0.15, 0.2) is 35.5 Å². The number of hydrogen-bond acceptors (Lipinski definition) is 4. The molecule has 1 aromatic carbocycles. The highest BCUT2D eigenvalue weighted by Crippen LogP contribution is 2.34. The molecule has 6 heteroatoms. The number of urea groups is 1. The lowest BCUT2D eigenvalue weighted by molar-refractivity contribution is -0.136. The molecule has 2 rings (SSSR count). The van der Waals surface area contributed by atoms with Crippen molar-refractivity contribution in [2.24, 2.45) is 0 Å². The monoisotopic (exact) mass is 374 g/mol. The van der Waals surface area contributed by atoms with Gasteiger partial charge in [-0.05, 0) is 25.3 Å². The first-order valence-corrected chi connectivity index (χ1v) is 9.72. The second-order valence-corrected chi connectivity index (χ2v) is 6.61. The Balaban J connectivity index is 2.38. The Hall–Kier alpha value is -2.50. The summed E-state index contributed by atoms with van der Waals surface area (Å²) in [5.41, 5.74) is 1.83. The van der Waals surface area contributed by atoms with Crippen molar-refractivity contribution in [1.82, 2.24) is 10.6 Å². The van der Waals surface area contributed by atoms with Crippen LogP contribution in [0.25, 0.3) is 0 Å². The van der Waals surface area contributed by atoms with Crippen LogP contribution in [0.1, 0.15) is 64.0 Å². The molecule has 1 unspecified atom stereocenters. The smallest absolute Gasteiger partial charge is 0.337 e.